The molecule has 3 nitrogen and oxygen atoms in total. The Bertz CT molecular complexity index is 921. The van der Waals surface area contributed by atoms with Gasteiger partial charge in [0.25, 0.3) is 0 Å². The van der Waals surface area contributed by atoms with E-state index in [1.165, 1.54) is 0 Å². The van der Waals surface area contributed by atoms with Crippen molar-refractivity contribution in [2.75, 3.05) is 0 Å². The zero-order valence-electron chi connectivity index (χ0n) is 10.2. The van der Waals surface area contributed by atoms with E-state index in [1.807, 2.05) is 36.4 Å². The van der Waals surface area contributed by atoms with Gasteiger partial charge in [-0.25, -0.2) is 4.98 Å². The van der Waals surface area contributed by atoms with Crippen molar-refractivity contribution < 1.29 is 0 Å². The second-order valence-electron chi connectivity index (χ2n) is 4.09. The number of hydrogen-bond donors (Lipinski definition) is 0. The minimum Gasteiger partial charge on any atom is -0.248 e. The fraction of sp³-hybridized carbons (Fsp3) is 0. The number of para-hydroxylation sites is 1. The van der Waals surface area contributed by atoms with Crippen molar-refractivity contribution in [3.8, 4) is 0 Å². The van der Waals surface area contributed by atoms with Gasteiger partial charge in [0.2, 0.25) is 0 Å². The van der Waals surface area contributed by atoms with Crippen LogP contribution in [0.4, 0.5) is 11.4 Å². The van der Waals surface area contributed by atoms with E-state index < -0.39 is 0 Å². The van der Waals surface area contributed by atoms with Crippen LogP contribution < -0.4 is 0 Å². The number of aromatic nitrogens is 1. The van der Waals surface area contributed by atoms with Crippen molar-refractivity contribution in [3.63, 3.8) is 0 Å². The lowest BCUT2D eigenvalue weighted by atomic mass is 10.1. The average molecular weight is 293 g/mol. The number of nitrogens with zero attached hydrogens (tertiary/aromatic N) is 3. The van der Waals surface area contributed by atoms with Gasteiger partial charge in [-0.15, -0.1) is 0 Å². The number of thiocarbonyl (C=S) groups is 2. The Hall–Kier alpha value is -2.29. The molecule has 0 radical (unpaired) electrons. The van der Waals surface area contributed by atoms with Gasteiger partial charge in [0.15, 0.2) is 0 Å². The second kappa shape index (κ2) is 5.37. The zero-order valence-corrected chi connectivity index (χ0v) is 11.8. The fourth-order valence-corrected chi connectivity index (χ4v) is 2.31. The van der Waals surface area contributed by atoms with Crippen LogP contribution in [-0.4, -0.2) is 15.3 Å². The summed E-state index contributed by atoms with van der Waals surface area (Å²) in [5.74, 6) is 0. The third kappa shape index (κ3) is 2.16. The first-order chi connectivity index (χ1) is 9.83. The minimum absolute atomic E-state index is 0.613. The van der Waals surface area contributed by atoms with E-state index in [0.717, 1.165) is 21.8 Å². The van der Waals surface area contributed by atoms with Crippen LogP contribution in [0.25, 0.3) is 21.8 Å². The van der Waals surface area contributed by atoms with Gasteiger partial charge in [0, 0.05) is 10.8 Å². The van der Waals surface area contributed by atoms with E-state index in [9.17, 15) is 0 Å². The molecule has 20 heavy (non-hydrogen) atoms. The van der Waals surface area contributed by atoms with Crippen LogP contribution in [0, 0.1) is 0 Å². The largest absolute Gasteiger partial charge is 0.248 e. The maximum absolute atomic E-state index is 4.71. The highest BCUT2D eigenvalue weighted by Crippen LogP contribution is 2.36. The molecule has 0 atom stereocenters. The highest BCUT2D eigenvalue weighted by atomic mass is 32.1. The molecule has 2 aromatic carbocycles. The normalized spacial score (nSPS) is 10.0. The lowest BCUT2D eigenvalue weighted by molar-refractivity contribution is 1.46. The second-order valence-corrected chi connectivity index (χ2v) is 4.45. The molecule has 0 aliphatic heterocycles. The van der Waals surface area contributed by atoms with Gasteiger partial charge in [-0.1, -0.05) is 18.2 Å². The van der Waals surface area contributed by atoms with Crippen molar-refractivity contribution in [1.82, 2.24) is 4.98 Å². The number of isothiocyanates is 2. The lowest BCUT2D eigenvalue weighted by Gasteiger charge is -2.05. The molecule has 0 unspecified atom stereocenters. The summed E-state index contributed by atoms with van der Waals surface area (Å²) in [6, 6.07) is 13.6. The van der Waals surface area contributed by atoms with Crippen LogP contribution in [0.5, 0.6) is 0 Å². The summed E-state index contributed by atoms with van der Waals surface area (Å²) in [5.41, 5.74) is 2.99. The summed E-state index contributed by atoms with van der Waals surface area (Å²) in [6.45, 7) is 0. The quantitative estimate of drug-likeness (QED) is 0.385. The Kier molecular flexibility index (Phi) is 3.42. The molecule has 0 N–H and O–H groups in total. The average Bonchev–Trinajstić information content (AvgIpc) is 2.48. The van der Waals surface area contributed by atoms with E-state index in [2.05, 4.69) is 37.5 Å². The van der Waals surface area contributed by atoms with Crippen molar-refractivity contribution >= 4 is 67.9 Å². The first kappa shape index (κ1) is 12.7. The predicted octanol–water partition coefficient (Wildman–Crippen LogP) is 4.86. The third-order valence-electron chi connectivity index (χ3n) is 2.97. The topological polar surface area (TPSA) is 37.6 Å². The molecule has 1 aromatic heterocycles. The maximum atomic E-state index is 4.71. The van der Waals surface area contributed by atoms with Crippen molar-refractivity contribution in [3.05, 3.63) is 42.5 Å². The maximum Gasteiger partial charge on any atom is 0.110 e. The summed E-state index contributed by atoms with van der Waals surface area (Å²) < 4.78 is 0. The molecule has 0 saturated heterocycles. The van der Waals surface area contributed by atoms with Gasteiger partial charge < -0.3 is 0 Å². The summed E-state index contributed by atoms with van der Waals surface area (Å²) in [7, 11) is 0. The molecule has 0 amide bonds. The van der Waals surface area contributed by atoms with Crippen LogP contribution in [0.3, 0.4) is 0 Å². The number of aliphatic imine (C=N–C) groups is 2. The predicted molar refractivity (Wildman–Crippen MR) is 88.6 cm³/mol. The Morgan fingerprint density at radius 3 is 2.50 bits per heavy atom. The fourth-order valence-electron chi connectivity index (χ4n) is 2.12. The SMILES string of the molecule is S=C=Nc1ccc2nc3ccccc3cc2c1N=C=S. The highest BCUT2D eigenvalue weighted by molar-refractivity contribution is 7.78. The van der Waals surface area contributed by atoms with Crippen LogP contribution in [0.1, 0.15) is 0 Å². The van der Waals surface area contributed by atoms with Crippen LogP contribution in [-0.2, 0) is 0 Å². The lowest BCUT2D eigenvalue weighted by Crippen LogP contribution is -1.83. The Labute approximate surface area is 125 Å². The third-order valence-corrected chi connectivity index (χ3v) is 3.16. The van der Waals surface area contributed by atoms with Gasteiger partial charge in [-0.3, -0.25) is 0 Å². The molecular weight excluding hydrogens is 286 g/mol. The summed E-state index contributed by atoms with van der Waals surface area (Å²) in [5, 5.41) is 6.63. The van der Waals surface area contributed by atoms with Gasteiger partial charge in [0.1, 0.15) is 11.4 Å². The van der Waals surface area contributed by atoms with E-state index in [0.29, 0.717) is 11.4 Å². The zero-order chi connectivity index (χ0) is 13.9. The first-order valence-electron chi connectivity index (χ1n) is 5.82. The van der Waals surface area contributed by atoms with Gasteiger partial charge in [-0.05, 0) is 48.7 Å². The first-order valence-corrected chi connectivity index (χ1v) is 6.63. The van der Waals surface area contributed by atoms with Crippen LogP contribution >= 0.6 is 24.4 Å². The molecule has 0 bridgehead atoms. The monoisotopic (exact) mass is 293 g/mol. The molecule has 3 rings (SSSR count). The number of benzene rings is 2. The Balaban J connectivity index is 2.48. The molecule has 0 saturated carbocycles. The molecule has 0 aliphatic rings. The molecule has 5 heteroatoms. The molecule has 3 aromatic rings. The molecular formula is C15H7N3S2. The Morgan fingerprint density at radius 2 is 1.70 bits per heavy atom. The van der Waals surface area contributed by atoms with Gasteiger partial charge >= 0.3 is 0 Å². The Morgan fingerprint density at radius 1 is 0.900 bits per heavy atom. The summed E-state index contributed by atoms with van der Waals surface area (Å²) >= 11 is 9.37. The summed E-state index contributed by atoms with van der Waals surface area (Å²) in [4.78, 5) is 12.7. The summed E-state index contributed by atoms with van der Waals surface area (Å²) in [6.07, 6.45) is 0. The van der Waals surface area contributed by atoms with Gasteiger partial charge in [0.05, 0.1) is 21.4 Å². The van der Waals surface area contributed by atoms with Gasteiger partial charge in [-0.2, -0.15) is 9.98 Å². The standard InChI is InChI=1S/C15H7N3S2/c19-8-16-14-6-5-13-11(15(14)17-9-20)7-10-3-1-2-4-12(10)18-13/h1-7H. The minimum atomic E-state index is 0.613. The molecule has 94 valence electrons. The van der Waals surface area contributed by atoms with Crippen molar-refractivity contribution in [1.29, 1.82) is 0 Å². The smallest absolute Gasteiger partial charge is 0.110 e. The highest BCUT2D eigenvalue weighted by Gasteiger charge is 2.08. The van der Waals surface area contributed by atoms with E-state index in [1.54, 1.807) is 6.07 Å². The molecule has 0 fully saturated rings. The van der Waals surface area contributed by atoms with Crippen LogP contribution in [0.15, 0.2) is 52.4 Å². The van der Waals surface area contributed by atoms with Crippen LogP contribution in [0.2, 0.25) is 0 Å². The number of fused-ring (bicyclic) bond motifs is 2. The van der Waals surface area contributed by atoms with E-state index in [-0.39, 0.29) is 0 Å². The van der Waals surface area contributed by atoms with E-state index >= 15 is 0 Å². The van der Waals surface area contributed by atoms with E-state index in [4.69, 9.17) is 12.2 Å². The number of pyridine rings is 1. The van der Waals surface area contributed by atoms with Crippen molar-refractivity contribution in [2.45, 2.75) is 0 Å². The molecule has 0 spiro atoms. The molecule has 1 heterocycles. The van der Waals surface area contributed by atoms with Crippen molar-refractivity contribution in [2.24, 2.45) is 9.98 Å². The molecule has 0 aliphatic carbocycles. The number of hydrogen-bond acceptors (Lipinski definition) is 5. The number of rotatable bonds is 2.